The second kappa shape index (κ2) is 7.50. The molecule has 3 rings (SSSR count). The Labute approximate surface area is 140 Å². The van der Waals surface area contributed by atoms with Crippen molar-refractivity contribution in [3.63, 3.8) is 0 Å². The van der Waals surface area contributed by atoms with Crippen molar-refractivity contribution in [3.05, 3.63) is 54.6 Å². The Bertz CT molecular complexity index is 844. The molecule has 0 aliphatic rings. The van der Waals surface area contributed by atoms with E-state index >= 15 is 0 Å². The van der Waals surface area contributed by atoms with Gasteiger partial charge in [-0.15, -0.1) is 0 Å². The molecule has 2 N–H and O–H groups in total. The largest absolute Gasteiger partial charge is 0.351 e. The van der Waals surface area contributed by atoms with Gasteiger partial charge in [-0.25, -0.2) is 9.97 Å². The molecule has 6 nitrogen and oxygen atoms in total. The lowest BCUT2D eigenvalue weighted by Crippen LogP contribution is -2.25. The van der Waals surface area contributed by atoms with Gasteiger partial charge in [0.25, 0.3) is 5.91 Å². The van der Waals surface area contributed by atoms with E-state index < -0.39 is 0 Å². The van der Waals surface area contributed by atoms with Crippen molar-refractivity contribution >= 4 is 28.3 Å². The molecule has 1 aromatic carbocycles. The monoisotopic (exact) mass is 321 g/mol. The van der Waals surface area contributed by atoms with Crippen LogP contribution in [-0.4, -0.2) is 27.4 Å². The van der Waals surface area contributed by atoms with Gasteiger partial charge >= 0.3 is 0 Å². The van der Waals surface area contributed by atoms with Crippen molar-refractivity contribution in [1.82, 2.24) is 20.3 Å². The zero-order chi connectivity index (χ0) is 16.8. The third-order valence-electron chi connectivity index (χ3n) is 3.61. The molecule has 0 fully saturated rings. The smallest absolute Gasteiger partial charge is 0.270 e. The number of hydrogen-bond donors (Lipinski definition) is 2. The lowest BCUT2D eigenvalue weighted by molar-refractivity contribution is 0.0948. The number of nitrogens with zero attached hydrogens (tertiary/aromatic N) is 3. The number of aromatic nitrogens is 3. The summed E-state index contributed by atoms with van der Waals surface area (Å²) in [7, 11) is 0. The fourth-order valence-corrected chi connectivity index (χ4v) is 2.36. The molecule has 2 heterocycles. The van der Waals surface area contributed by atoms with E-state index in [1.807, 2.05) is 30.3 Å². The molecule has 0 bridgehead atoms. The van der Waals surface area contributed by atoms with Crippen molar-refractivity contribution < 1.29 is 4.79 Å². The molecule has 0 atom stereocenters. The molecule has 0 saturated carbocycles. The molecule has 0 spiro atoms. The van der Waals surface area contributed by atoms with Crippen LogP contribution in [0, 0.1) is 0 Å². The van der Waals surface area contributed by atoms with E-state index in [0.717, 1.165) is 29.4 Å². The normalized spacial score (nSPS) is 10.5. The number of carbonyl (C=O) groups is 1. The molecule has 0 radical (unpaired) electrons. The van der Waals surface area contributed by atoms with Gasteiger partial charge in [-0.1, -0.05) is 31.5 Å². The summed E-state index contributed by atoms with van der Waals surface area (Å²) in [5, 5.41) is 7.10. The molecule has 6 heteroatoms. The van der Waals surface area contributed by atoms with Crippen LogP contribution in [-0.2, 0) is 0 Å². The van der Waals surface area contributed by atoms with Crippen LogP contribution in [0.5, 0.6) is 0 Å². The molecule has 1 amide bonds. The van der Waals surface area contributed by atoms with Crippen molar-refractivity contribution in [1.29, 1.82) is 0 Å². The predicted octanol–water partition coefficient (Wildman–Crippen LogP) is 3.30. The molecule has 0 aliphatic carbocycles. The third kappa shape index (κ3) is 3.65. The molecular weight excluding hydrogens is 302 g/mol. The summed E-state index contributed by atoms with van der Waals surface area (Å²) in [6.07, 6.45) is 5.12. The lowest BCUT2D eigenvalue weighted by atomic mass is 10.2. The highest BCUT2D eigenvalue weighted by atomic mass is 16.1. The standard InChI is InChI=1S/C18H19N5O/c1-2-3-9-20-18(24)15-11-16(22-12-21-15)23-14-8-4-6-13-7-5-10-19-17(13)14/h4-8,10-12H,2-3,9H2,1H3,(H,20,24)(H,21,22,23). The van der Waals surface area contributed by atoms with Gasteiger partial charge in [0.05, 0.1) is 11.2 Å². The molecule has 3 aromatic rings. The van der Waals surface area contributed by atoms with Crippen LogP contribution in [0.1, 0.15) is 30.3 Å². The van der Waals surface area contributed by atoms with Crippen LogP contribution in [0.4, 0.5) is 11.5 Å². The Balaban J connectivity index is 1.80. The summed E-state index contributed by atoms with van der Waals surface area (Å²) < 4.78 is 0. The SMILES string of the molecule is CCCCNC(=O)c1cc(Nc2cccc3cccnc23)ncn1. The molecular formula is C18H19N5O. The average molecular weight is 321 g/mol. The number of para-hydroxylation sites is 1. The molecule has 24 heavy (non-hydrogen) atoms. The van der Waals surface area contributed by atoms with E-state index in [-0.39, 0.29) is 5.91 Å². The number of hydrogen-bond acceptors (Lipinski definition) is 5. The van der Waals surface area contributed by atoms with Crippen LogP contribution < -0.4 is 10.6 Å². The number of anilines is 2. The summed E-state index contributed by atoms with van der Waals surface area (Å²) in [4.78, 5) is 24.7. The molecule has 0 aliphatic heterocycles. The number of fused-ring (bicyclic) bond motifs is 1. The lowest BCUT2D eigenvalue weighted by Gasteiger charge is -2.09. The number of nitrogens with one attached hydrogen (secondary N) is 2. The predicted molar refractivity (Wildman–Crippen MR) is 94.3 cm³/mol. The van der Waals surface area contributed by atoms with Crippen molar-refractivity contribution in [2.24, 2.45) is 0 Å². The van der Waals surface area contributed by atoms with E-state index in [0.29, 0.717) is 18.1 Å². The number of pyridine rings is 1. The second-order valence-electron chi connectivity index (χ2n) is 5.40. The van der Waals surface area contributed by atoms with Crippen molar-refractivity contribution in [2.75, 3.05) is 11.9 Å². The minimum atomic E-state index is -0.190. The van der Waals surface area contributed by atoms with Crippen LogP contribution in [0.25, 0.3) is 10.9 Å². The first kappa shape index (κ1) is 15.9. The van der Waals surface area contributed by atoms with Gasteiger partial charge in [-0.3, -0.25) is 9.78 Å². The number of unbranched alkanes of at least 4 members (excludes halogenated alkanes) is 1. The Morgan fingerprint density at radius 3 is 2.88 bits per heavy atom. The maximum Gasteiger partial charge on any atom is 0.270 e. The zero-order valence-electron chi connectivity index (χ0n) is 13.5. The number of rotatable bonds is 6. The van der Waals surface area contributed by atoms with E-state index in [2.05, 4.69) is 32.5 Å². The van der Waals surface area contributed by atoms with Crippen LogP contribution in [0.3, 0.4) is 0 Å². The van der Waals surface area contributed by atoms with Crippen molar-refractivity contribution in [3.8, 4) is 0 Å². The maximum absolute atomic E-state index is 12.1. The molecule has 2 aromatic heterocycles. The third-order valence-corrected chi connectivity index (χ3v) is 3.61. The van der Waals surface area contributed by atoms with Gasteiger partial charge in [0.15, 0.2) is 0 Å². The van der Waals surface area contributed by atoms with E-state index in [1.54, 1.807) is 12.3 Å². The number of benzene rings is 1. The fourth-order valence-electron chi connectivity index (χ4n) is 2.36. The van der Waals surface area contributed by atoms with E-state index in [1.165, 1.54) is 6.33 Å². The summed E-state index contributed by atoms with van der Waals surface area (Å²) in [6, 6.07) is 11.4. The quantitative estimate of drug-likeness (QED) is 0.681. The van der Waals surface area contributed by atoms with Crippen LogP contribution in [0.2, 0.25) is 0 Å². The minimum absolute atomic E-state index is 0.190. The summed E-state index contributed by atoms with van der Waals surface area (Å²) in [5.41, 5.74) is 2.04. The van der Waals surface area contributed by atoms with Gasteiger partial charge in [0, 0.05) is 24.2 Å². The van der Waals surface area contributed by atoms with E-state index in [9.17, 15) is 4.79 Å². The Morgan fingerprint density at radius 1 is 1.12 bits per heavy atom. The number of amides is 1. The molecule has 0 unspecified atom stereocenters. The highest BCUT2D eigenvalue weighted by molar-refractivity contribution is 5.94. The average Bonchev–Trinajstić information content (AvgIpc) is 2.62. The number of carbonyl (C=O) groups excluding carboxylic acids is 1. The first-order valence-electron chi connectivity index (χ1n) is 7.99. The maximum atomic E-state index is 12.1. The summed E-state index contributed by atoms with van der Waals surface area (Å²) >= 11 is 0. The summed E-state index contributed by atoms with van der Waals surface area (Å²) in [5.74, 6) is 0.369. The van der Waals surface area contributed by atoms with Crippen LogP contribution in [0.15, 0.2) is 48.9 Å². The van der Waals surface area contributed by atoms with Gasteiger partial charge < -0.3 is 10.6 Å². The minimum Gasteiger partial charge on any atom is -0.351 e. The fraction of sp³-hybridized carbons (Fsp3) is 0.222. The highest BCUT2D eigenvalue weighted by Gasteiger charge is 2.09. The Hall–Kier alpha value is -3.02. The van der Waals surface area contributed by atoms with Gasteiger partial charge in [0.1, 0.15) is 17.8 Å². The Kier molecular flexibility index (Phi) is 4.96. The Morgan fingerprint density at radius 2 is 2.00 bits per heavy atom. The first-order valence-corrected chi connectivity index (χ1v) is 7.99. The summed E-state index contributed by atoms with van der Waals surface area (Å²) in [6.45, 7) is 2.73. The second-order valence-corrected chi connectivity index (χ2v) is 5.40. The van der Waals surface area contributed by atoms with Crippen molar-refractivity contribution in [2.45, 2.75) is 19.8 Å². The first-order chi connectivity index (χ1) is 11.8. The molecule has 0 saturated heterocycles. The molecule has 122 valence electrons. The van der Waals surface area contributed by atoms with Gasteiger partial charge in [-0.2, -0.15) is 0 Å². The van der Waals surface area contributed by atoms with E-state index in [4.69, 9.17) is 0 Å². The topological polar surface area (TPSA) is 79.8 Å². The highest BCUT2D eigenvalue weighted by Crippen LogP contribution is 2.23. The zero-order valence-corrected chi connectivity index (χ0v) is 13.5. The van der Waals surface area contributed by atoms with Crippen LogP contribution >= 0.6 is 0 Å². The van der Waals surface area contributed by atoms with Gasteiger partial charge in [0.2, 0.25) is 0 Å². The van der Waals surface area contributed by atoms with Gasteiger partial charge in [-0.05, 0) is 18.6 Å².